The van der Waals surface area contributed by atoms with Gasteiger partial charge in [0.25, 0.3) is 0 Å². The van der Waals surface area contributed by atoms with Gasteiger partial charge >= 0.3 is 6.18 Å². The number of benzene rings is 1. The SMILES string of the molecule is Cc1ccc(S(=O)(=O)NC2CCN(c3ccc(C(F)(F)F)cn3)C2)cc1Cl. The molecule has 146 valence electrons. The van der Waals surface area contributed by atoms with Gasteiger partial charge < -0.3 is 4.90 Å². The molecule has 5 nitrogen and oxygen atoms in total. The van der Waals surface area contributed by atoms with Crippen molar-refractivity contribution < 1.29 is 21.6 Å². The van der Waals surface area contributed by atoms with Crippen LogP contribution in [0.4, 0.5) is 19.0 Å². The predicted molar refractivity (Wildman–Crippen MR) is 96.4 cm³/mol. The zero-order valence-electron chi connectivity index (χ0n) is 14.3. The van der Waals surface area contributed by atoms with Gasteiger partial charge in [0.2, 0.25) is 10.0 Å². The fraction of sp³-hybridized carbons (Fsp3) is 0.353. The lowest BCUT2D eigenvalue weighted by Crippen LogP contribution is -2.37. The van der Waals surface area contributed by atoms with E-state index in [9.17, 15) is 21.6 Å². The molecule has 10 heteroatoms. The summed E-state index contributed by atoms with van der Waals surface area (Å²) in [7, 11) is -3.74. The lowest BCUT2D eigenvalue weighted by molar-refractivity contribution is -0.137. The van der Waals surface area contributed by atoms with E-state index in [4.69, 9.17) is 11.6 Å². The fourth-order valence-corrected chi connectivity index (χ4v) is 4.37. The van der Waals surface area contributed by atoms with E-state index < -0.39 is 21.8 Å². The van der Waals surface area contributed by atoms with Crippen LogP contribution in [0.2, 0.25) is 5.02 Å². The van der Waals surface area contributed by atoms with Crippen molar-refractivity contribution in [3.8, 4) is 0 Å². The Balaban J connectivity index is 1.68. The summed E-state index contributed by atoms with van der Waals surface area (Å²) in [5.41, 5.74) is -0.0463. The van der Waals surface area contributed by atoms with Crippen molar-refractivity contribution in [1.82, 2.24) is 9.71 Å². The van der Waals surface area contributed by atoms with Gasteiger partial charge in [-0.05, 0) is 43.2 Å². The summed E-state index contributed by atoms with van der Waals surface area (Å²) >= 11 is 6.00. The van der Waals surface area contributed by atoms with Crippen LogP contribution in [0, 0.1) is 6.92 Å². The van der Waals surface area contributed by atoms with Crippen molar-refractivity contribution in [3.05, 3.63) is 52.7 Å². The van der Waals surface area contributed by atoms with Crippen LogP contribution in [0.5, 0.6) is 0 Å². The largest absolute Gasteiger partial charge is 0.417 e. The lowest BCUT2D eigenvalue weighted by atomic mass is 10.2. The Labute approximate surface area is 160 Å². The number of nitrogens with zero attached hydrogens (tertiary/aromatic N) is 2. The van der Waals surface area contributed by atoms with E-state index >= 15 is 0 Å². The van der Waals surface area contributed by atoms with Gasteiger partial charge in [0.15, 0.2) is 0 Å². The molecule has 0 radical (unpaired) electrons. The van der Waals surface area contributed by atoms with E-state index in [-0.39, 0.29) is 10.9 Å². The predicted octanol–water partition coefficient (Wildman–Crippen LogP) is 3.62. The highest BCUT2D eigenvalue weighted by Crippen LogP contribution is 2.30. The number of nitrogens with one attached hydrogen (secondary N) is 1. The van der Waals surface area contributed by atoms with Gasteiger partial charge in [0.1, 0.15) is 5.82 Å². The molecule has 1 aliphatic heterocycles. The highest BCUT2D eigenvalue weighted by molar-refractivity contribution is 7.89. The number of halogens is 4. The number of pyridine rings is 1. The molecule has 2 aromatic rings. The molecule has 1 saturated heterocycles. The summed E-state index contributed by atoms with van der Waals surface area (Å²) in [6.45, 7) is 2.58. The van der Waals surface area contributed by atoms with E-state index in [2.05, 4.69) is 9.71 Å². The third-order valence-corrected chi connectivity index (χ3v) is 6.29. The van der Waals surface area contributed by atoms with E-state index in [0.717, 1.165) is 17.8 Å². The number of hydrogen-bond acceptors (Lipinski definition) is 4. The zero-order valence-corrected chi connectivity index (χ0v) is 15.9. The number of aromatic nitrogens is 1. The number of sulfonamides is 1. The highest BCUT2D eigenvalue weighted by atomic mass is 35.5. The van der Waals surface area contributed by atoms with Crippen molar-refractivity contribution in [2.24, 2.45) is 0 Å². The van der Waals surface area contributed by atoms with E-state index in [1.54, 1.807) is 17.9 Å². The first-order chi connectivity index (χ1) is 12.6. The molecular formula is C17H17ClF3N3O2S. The van der Waals surface area contributed by atoms with Gasteiger partial charge in [-0.2, -0.15) is 13.2 Å². The second-order valence-electron chi connectivity index (χ2n) is 6.37. The molecule has 27 heavy (non-hydrogen) atoms. The summed E-state index contributed by atoms with van der Waals surface area (Å²) in [6.07, 6.45) is -3.15. The second kappa shape index (κ2) is 7.29. The molecular weight excluding hydrogens is 403 g/mol. The molecule has 0 saturated carbocycles. The molecule has 1 unspecified atom stereocenters. The van der Waals surface area contributed by atoms with Gasteiger partial charge in [-0.3, -0.25) is 0 Å². The molecule has 0 amide bonds. The van der Waals surface area contributed by atoms with E-state index in [1.165, 1.54) is 18.2 Å². The van der Waals surface area contributed by atoms with Crippen LogP contribution < -0.4 is 9.62 Å². The summed E-state index contributed by atoms with van der Waals surface area (Å²) in [5.74, 6) is 0.378. The molecule has 1 fully saturated rings. The summed E-state index contributed by atoms with van der Waals surface area (Å²) in [6, 6.07) is 6.38. The molecule has 1 atom stereocenters. The van der Waals surface area contributed by atoms with Gasteiger partial charge in [-0.25, -0.2) is 18.1 Å². The van der Waals surface area contributed by atoms with Gasteiger partial charge in [0.05, 0.1) is 10.5 Å². The minimum Gasteiger partial charge on any atom is -0.355 e. The summed E-state index contributed by atoms with van der Waals surface area (Å²) in [5, 5.41) is 0.361. The summed E-state index contributed by atoms with van der Waals surface area (Å²) in [4.78, 5) is 5.67. The first-order valence-electron chi connectivity index (χ1n) is 8.13. The van der Waals surface area contributed by atoms with Crippen molar-refractivity contribution in [3.63, 3.8) is 0 Å². The molecule has 0 spiro atoms. The standard InChI is InChI=1S/C17H17ClF3N3O2S/c1-11-2-4-14(8-15(11)18)27(25,26)23-13-6-7-24(10-13)16-5-3-12(9-22-16)17(19,20)21/h2-5,8-9,13,23H,6-7,10H2,1H3. The van der Waals surface area contributed by atoms with Crippen LogP contribution in [0.1, 0.15) is 17.5 Å². The molecule has 1 aromatic heterocycles. The minimum atomic E-state index is -4.44. The minimum absolute atomic E-state index is 0.0733. The van der Waals surface area contributed by atoms with Gasteiger partial charge in [-0.15, -0.1) is 0 Å². The molecule has 1 aromatic carbocycles. The maximum absolute atomic E-state index is 12.6. The Morgan fingerprint density at radius 1 is 1.26 bits per heavy atom. The quantitative estimate of drug-likeness (QED) is 0.822. The number of hydrogen-bond donors (Lipinski definition) is 1. The number of alkyl halides is 3. The topological polar surface area (TPSA) is 62.3 Å². The Morgan fingerprint density at radius 3 is 2.59 bits per heavy atom. The first-order valence-corrected chi connectivity index (χ1v) is 9.99. The fourth-order valence-electron chi connectivity index (χ4n) is 2.83. The maximum atomic E-state index is 12.6. The van der Waals surface area contributed by atoms with Crippen LogP contribution in [-0.4, -0.2) is 32.5 Å². The number of rotatable bonds is 4. The normalized spacial score (nSPS) is 18.1. The molecule has 0 bridgehead atoms. The molecule has 1 N–H and O–H groups in total. The molecule has 3 rings (SSSR count). The van der Waals surface area contributed by atoms with Crippen LogP contribution >= 0.6 is 11.6 Å². The molecule has 2 heterocycles. The third kappa shape index (κ3) is 4.53. The van der Waals surface area contributed by atoms with E-state index in [0.29, 0.717) is 30.4 Å². The van der Waals surface area contributed by atoms with Crippen molar-refractivity contribution in [1.29, 1.82) is 0 Å². The monoisotopic (exact) mass is 419 g/mol. The highest BCUT2D eigenvalue weighted by Gasteiger charge is 2.32. The van der Waals surface area contributed by atoms with E-state index in [1.807, 2.05) is 0 Å². The van der Waals surface area contributed by atoms with Crippen LogP contribution in [0.15, 0.2) is 41.4 Å². The van der Waals surface area contributed by atoms with Crippen LogP contribution in [0.3, 0.4) is 0 Å². The molecule has 0 aliphatic carbocycles. The molecule has 1 aliphatic rings. The Kier molecular flexibility index (Phi) is 5.38. The lowest BCUT2D eigenvalue weighted by Gasteiger charge is -2.18. The Bertz CT molecular complexity index is 933. The summed E-state index contributed by atoms with van der Waals surface area (Å²) < 4.78 is 65.5. The number of aryl methyl sites for hydroxylation is 1. The van der Waals surface area contributed by atoms with Crippen molar-refractivity contribution in [2.45, 2.75) is 30.5 Å². The van der Waals surface area contributed by atoms with Crippen molar-refractivity contribution in [2.75, 3.05) is 18.0 Å². The van der Waals surface area contributed by atoms with Crippen LogP contribution in [0.25, 0.3) is 0 Å². The number of anilines is 1. The zero-order chi connectivity index (χ0) is 19.8. The first kappa shape index (κ1) is 19.9. The van der Waals surface area contributed by atoms with Gasteiger partial charge in [-0.1, -0.05) is 17.7 Å². The average molecular weight is 420 g/mol. The second-order valence-corrected chi connectivity index (χ2v) is 8.49. The maximum Gasteiger partial charge on any atom is 0.417 e. The van der Waals surface area contributed by atoms with Crippen LogP contribution in [-0.2, 0) is 16.2 Å². The van der Waals surface area contributed by atoms with Crippen molar-refractivity contribution >= 4 is 27.4 Å². The third-order valence-electron chi connectivity index (χ3n) is 4.36. The average Bonchev–Trinajstić information content (AvgIpc) is 3.04. The van der Waals surface area contributed by atoms with Gasteiger partial charge in [0, 0.05) is 30.4 Å². The Hall–Kier alpha value is -1.84. The Morgan fingerprint density at radius 2 is 2.00 bits per heavy atom. The smallest absolute Gasteiger partial charge is 0.355 e.